The highest BCUT2D eigenvalue weighted by Crippen LogP contribution is 2.38. The highest BCUT2D eigenvalue weighted by Gasteiger charge is 2.38. The minimum atomic E-state index is -3.80. The molecule has 6 nitrogen and oxygen atoms in total. The third-order valence-electron chi connectivity index (χ3n) is 4.84. The van der Waals surface area contributed by atoms with Crippen LogP contribution in [0.3, 0.4) is 0 Å². The van der Waals surface area contributed by atoms with Gasteiger partial charge >= 0.3 is 0 Å². The first kappa shape index (κ1) is 18.0. The van der Waals surface area contributed by atoms with Crippen LogP contribution in [0.15, 0.2) is 88.4 Å². The first-order valence-electron chi connectivity index (χ1n) is 9.04. The van der Waals surface area contributed by atoms with Gasteiger partial charge in [-0.1, -0.05) is 30.3 Å². The van der Waals surface area contributed by atoms with Crippen LogP contribution in [0.4, 0.5) is 0 Å². The molecule has 2 aromatic heterocycles. The van der Waals surface area contributed by atoms with Crippen LogP contribution in [-0.2, 0) is 10.0 Å². The van der Waals surface area contributed by atoms with Gasteiger partial charge in [0.05, 0.1) is 32.6 Å². The highest BCUT2D eigenvalue weighted by molar-refractivity contribution is 7.89. The fraction of sp³-hybridized carbons (Fsp3) is 0.0952. The summed E-state index contributed by atoms with van der Waals surface area (Å²) in [7, 11) is -3.80. The van der Waals surface area contributed by atoms with E-state index in [4.69, 9.17) is 0 Å². The number of hydrogen-bond donors (Lipinski definition) is 0. The Morgan fingerprint density at radius 2 is 1.72 bits per heavy atom. The lowest BCUT2D eigenvalue weighted by molar-refractivity contribution is 0.371. The van der Waals surface area contributed by atoms with E-state index in [0.717, 1.165) is 27.2 Å². The van der Waals surface area contributed by atoms with Crippen molar-refractivity contribution < 1.29 is 8.42 Å². The van der Waals surface area contributed by atoms with Crippen LogP contribution in [-0.4, -0.2) is 28.5 Å². The Balaban J connectivity index is 1.62. The Morgan fingerprint density at radius 3 is 2.48 bits per heavy atom. The van der Waals surface area contributed by atoms with Crippen molar-refractivity contribution in [3.8, 4) is 0 Å². The largest absolute Gasteiger partial charge is 0.279 e. The zero-order valence-corrected chi connectivity index (χ0v) is 16.8. The Bertz CT molecular complexity index is 1300. The molecule has 8 heteroatoms. The second-order valence-corrected chi connectivity index (χ2v) is 9.38. The lowest BCUT2D eigenvalue weighted by Gasteiger charge is -2.23. The van der Waals surface area contributed by atoms with Gasteiger partial charge in [-0.25, -0.2) is 0 Å². The van der Waals surface area contributed by atoms with E-state index in [1.54, 1.807) is 54.1 Å². The van der Waals surface area contributed by atoms with E-state index in [9.17, 15) is 8.42 Å². The molecule has 1 atom stereocenters. The molecule has 0 spiro atoms. The molecule has 3 heterocycles. The van der Waals surface area contributed by atoms with Crippen molar-refractivity contribution >= 4 is 38.1 Å². The van der Waals surface area contributed by atoms with Gasteiger partial charge in [0, 0.05) is 18.8 Å². The summed E-state index contributed by atoms with van der Waals surface area (Å²) in [6.45, 7) is 0. The van der Waals surface area contributed by atoms with Crippen LogP contribution < -0.4 is 0 Å². The van der Waals surface area contributed by atoms with Gasteiger partial charge in [0.15, 0.2) is 0 Å². The topological polar surface area (TPSA) is 75.5 Å². The molecule has 0 amide bonds. The number of hydrazone groups is 1. The predicted molar refractivity (Wildman–Crippen MR) is 113 cm³/mol. The second kappa shape index (κ2) is 7.06. The van der Waals surface area contributed by atoms with Crippen molar-refractivity contribution in [3.63, 3.8) is 0 Å². The number of fused-ring (bicyclic) bond motifs is 1. The Morgan fingerprint density at radius 1 is 0.931 bits per heavy atom. The smallest absolute Gasteiger partial charge is 0.253 e. The zero-order chi connectivity index (χ0) is 19.8. The molecule has 0 saturated carbocycles. The highest BCUT2D eigenvalue weighted by atomic mass is 32.2. The van der Waals surface area contributed by atoms with E-state index in [2.05, 4.69) is 15.1 Å². The van der Waals surface area contributed by atoms with E-state index in [0.29, 0.717) is 6.42 Å². The number of benzene rings is 2. The zero-order valence-electron chi connectivity index (χ0n) is 15.2. The van der Waals surface area contributed by atoms with Crippen molar-refractivity contribution in [2.45, 2.75) is 17.4 Å². The fourth-order valence-electron chi connectivity index (χ4n) is 3.44. The summed E-state index contributed by atoms with van der Waals surface area (Å²) in [4.78, 5) is 9.86. The van der Waals surface area contributed by atoms with Crippen molar-refractivity contribution in [3.05, 3.63) is 88.9 Å². The molecular weight excluding hydrogens is 404 g/mol. The van der Waals surface area contributed by atoms with Crippen LogP contribution in [0.2, 0.25) is 0 Å². The molecular formula is C21H16N4O2S2. The number of thiophene rings is 1. The van der Waals surface area contributed by atoms with Gasteiger partial charge in [-0.05, 0) is 41.3 Å². The fourth-order valence-corrected chi connectivity index (χ4v) is 5.61. The maximum Gasteiger partial charge on any atom is 0.279 e. The molecule has 0 N–H and O–H groups in total. The minimum absolute atomic E-state index is 0.224. The van der Waals surface area contributed by atoms with Crippen molar-refractivity contribution in [2.75, 3.05) is 0 Å². The molecule has 1 aliphatic rings. The third-order valence-corrected chi connectivity index (χ3v) is 7.46. The van der Waals surface area contributed by atoms with Crippen LogP contribution in [0.5, 0.6) is 0 Å². The molecule has 29 heavy (non-hydrogen) atoms. The molecule has 5 rings (SSSR count). The predicted octanol–water partition coefficient (Wildman–Crippen LogP) is 4.23. The van der Waals surface area contributed by atoms with Gasteiger partial charge in [0.25, 0.3) is 10.0 Å². The third kappa shape index (κ3) is 3.20. The standard InChI is InChI=1S/C21H16N4O2S2/c26-29(27,16-5-2-1-3-6-16)25-20(14-19(24-25)21-7-4-12-28-21)15-8-9-17-18(13-15)23-11-10-22-17/h1-13,20H,14H2/t20-/m0/s1. The number of hydrogen-bond acceptors (Lipinski definition) is 6. The maximum absolute atomic E-state index is 13.4. The van der Waals surface area contributed by atoms with Gasteiger partial charge in [-0.3, -0.25) is 9.97 Å². The van der Waals surface area contributed by atoms with Gasteiger partial charge < -0.3 is 0 Å². The quantitative estimate of drug-likeness (QED) is 0.495. The van der Waals surface area contributed by atoms with E-state index in [1.807, 2.05) is 35.7 Å². The van der Waals surface area contributed by atoms with E-state index in [-0.39, 0.29) is 4.90 Å². The molecule has 2 aromatic carbocycles. The maximum atomic E-state index is 13.4. The van der Waals surface area contributed by atoms with Crippen molar-refractivity contribution in [1.82, 2.24) is 14.4 Å². The van der Waals surface area contributed by atoms with Gasteiger partial charge in [0.1, 0.15) is 0 Å². The molecule has 0 unspecified atom stereocenters. The first-order chi connectivity index (χ1) is 14.1. The van der Waals surface area contributed by atoms with Gasteiger partial charge in [-0.15, -0.1) is 11.3 Å². The van der Waals surface area contributed by atoms with Gasteiger partial charge in [-0.2, -0.15) is 17.9 Å². The van der Waals surface area contributed by atoms with Crippen molar-refractivity contribution in [2.24, 2.45) is 5.10 Å². The summed E-state index contributed by atoms with van der Waals surface area (Å²) in [6, 6.07) is 17.5. The number of nitrogens with zero attached hydrogens (tertiary/aromatic N) is 4. The summed E-state index contributed by atoms with van der Waals surface area (Å²) in [5, 5.41) is 6.52. The molecule has 0 bridgehead atoms. The molecule has 0 fully saturated rings. The monoisotopic (exact) mass is 420 g/mol. The van der Waals surface area contributed by atoms with Crippen LogP contribution in [0.25, 0.3) is 11.0 Å². The van der Waals surface area contributed by atoms with Gasteiger partial charge in [0.2, 0.25) is 0 Å². The van der Waals surface area contributed by atoms with Crippen LogP contribution in [0, 0.1) is 0 Å². The number of sulfonamides is 1. The average Bonchev–Trinajstić information content (AvgIpc) is 3.44. The van der Waals surface area contributed by atoms with E-state index in [1.165, 1.54) is 4.41 Å². The second-order valence-electron chi connectivity index (χ2n) is 6.64. The molecule has 1 aliphatic heterocycles. The summed E-state index contributed by atoms with van der Waals surface area (Å²) < 4.78 is 28.0. The molecule has 0 radical (unpaired) electrons. The van der Waals surface area contributed by atoms with E-state index < -0.39 is 16.1 Å². The van der Waals surface area contributed by atoms with Crippen molar-refractivity contribution in [1.29, 1.82) is 0 Å². The molecule has 144 valence electrons. The summed E-state index contributed by atoms with van der Waals surface area (Å²) in [5.41, 5.74) is 3.11. The minimum Gasteiger partial charge on any atom is -0.253 e. The number of aromatic nitrogens is 2. The Labute approximate surface area is 172 Å². The molecule has 0 saturated heterocycles. The Hall–Kier alpha value is -3.10. The average molecular weight is 421 g/mol. The van der Waals surface area contributed by atoms with E-state index >= 15 is 0 Å². The molecule has 0 aliphatic carbocycles. The summed E-state index contributed by atoms with van der Waals surface area (Å²) in [6.07, 6.45) is 3.77. The van der Waals surface area contributed by atoms with Crippen LogP contribution in [0.1, 0.15) is 22.9 Å². The summed E-state index contributed by atoms with van der Waals surface area (Å²) in [5.74, 6) is 0. The SMILES string of the molecule is O=S(=O)(c1ccccc1)N1N=C(c2cccs2)C[C@H]1c1ccc2nccnc2c1. The lowest BCUT2D eigenvalue weighted by atomic mass is 10.0. The summed E-state index contributed by atoms with van der Waals surface area (Å²) >= 11 is 1.55. The van der Waals surface area contributed by atoms with Crippen LogP contribution >= 0.6 is 11.3 Å². The number of rotatable bonds is 4. The lowest BCUT2D eigenvalue weighted by Crippen LogP contribution is -2.27. The molecule has 4 aromatic rings. The Kier molecular flexibility index (Phi) is 4.37. The first-order valence-corrected chi connectivity index (χ1v) is 11.4. The normalized spacial score (nSPS) is 16.9.